The normalized spacial score (nSPS) is 13.0. The molecule has 0 saturated heterocycles. The van der Waals surface area contributed by atoms with Gasteiger partial charge in [0.25, 0.3) is 0 Å². The van der Waals surface area contributed by atoms with Gasteiger partial charge in [-0.05, 0) is 25.3 Å². The van der Waals surface area contributed by atoms with Gasteiger partial charge in [-0.1, -0.05) is 20.8 Å². The molecule has 0 aliphatic heterocycles. The third-order valence-corrected chi connectivity index (χ3v) is 3.13. The first-order valence-electron chi connectivity index (χ1n) is 6.27. The van der Waals surface area contributed by atoms with E-state index in [2.05, 4.69) is 12.0 Å². The first-order chi connectivity index (χ1) is 7.99. The Labute approximate surface area is 103 Å². The molecule has 1 aromatic rings. The van der Waals surface area contributed by atoms with E-state index < -0.39 is 5.97 Å². The number of rotatable bonds is 6. The van der Waals surface area contributed by atoms with Gasteiger partial charge in [0.2, 0.25) is 0 Å². The average molecular weight is 238 g/mol. The van der Waals surface area contributed by atoms with Crippen molar-refractivity contribution in [2.75, 3.05) is 0 Å². The fourth-order valence-corrected chi connectivity index (χ4v) is 1.96. The number of carboxylic acid groups (broad SMARTS) is 1. The van der Waals surface area contributed by atoms with E-state index in [1.165, 1.54) is 0 Å². The van der Waals surface area contributed by atoms with Crippen LogP contribution in [0.3, 0.4) is 0 Å². The largest absolute Gasteiger partial charge is 0.481 e. The SMILES string of the molecule is CCc1cc(CC(C(=O)O)C(C)C)n(CC)n1. The Morgan fingerprint density at radius 3 is 2.53 bits per heavy atom. The number of nitrogens with zero attached hydrogens (tertiary/aromatic N) is 2. The highest BCUT2D eigenvalue weighted by molar-refractivity contribution is 5.70. The van der Waals surface area contributed by atoms with E-state index in [1.54, 1.807) is 0 Å². The van der Waals surface area contributed by atoms with Gasteiger partial charge < -0.3 is 5.11 Å². The van der Waals surface area contributed by atoms with Crippen LogP contribution in [-0.2, 0) is 24.2 Å². The third-order valence-electron chi connectivity index (χ3n) is 3.13. The van der Waals surface area contributed by atoms with Crippen molar-refractivity contribution < 1.29 is 9.90 Å². The summed E-state index contributed by atoms with van der Waals surface area (Å²) in [6.07, 6.45) is 1.45. The van der Waals surface area contributed by atoms with Gasteiger partial charge in [-0.25, -0.2) is 0 Å². The molecule has 1 unspecified atom stereocenters. The van der Waals surface area contributed by atoms with Crippen molar-refractivity contribution in [3.05, 3.63) is 17.5 Å². The van der Waals surface area contributed by atoms with Crippen LogP contribution in [-0.4, -0.2) is 20.9 Å². The smallest absolute Gasteiger partial charge is 0.307 e. The summed E-state index contributed by atoms with van der Waals surface area (Å²) in [6, 6.07) is 2.03. The summed E-state index contributed by atoms with van der Waals surface area (Å²) >= 11 is 0. The van der Waals surface area contributed by atoms with E-state index >= 15 is 0 Å². The van der Waals surface area contributed by atoms with Crippen molar-refractivity contribution in [2.45, 2.75) is 47.1 Å². The predicted octanol–water partition coefficient (Wildman–Crippen LogP) is 2.36. The summed E-state index contributed by atoms with van der Waals surface area (Å²) in [4.78, 5) is 11.2. The van der Waals surface area contributed by atoms with Gasteiger partial charge in [0, 0.05) is 18.7 Å². The lowest BCUT2D eigenvalue weighted by molar-refractivity contribution is -0.143. The van der Waals surface area contributed by atoms with Gasteiger partial charge in [-0.3, -0.25) is 9.48 Å². The maximum Gasteiger partial charge on any atom is 0.307 e. The Hall–Kier alpha value is -1.32. The Balaban J connectivity index is 2.91. The quantitative estimate of drug-likeness (QED) is 0.827. The lowest BCUT2D eigenvalue weighted by Crippen LogP contribution is -2.23. The molecule has 1 rings (SSSR count). The van der Waals surface area contributed by atoms with Crippen molar-refractivity contribution >= 4 is 5.97 Å². The summed E-state index contributed by atoms with van der Waals surface area (Å²) in [5, 5.41) is 13.6. The minimum atomic E-state index is -0.720. The standard InChI is InChI=1S/C13H22N2O2/c1-5-10-7-11(15(6-2)14-10)8-12(9(3)4)13(16)17/h7,9,12H,5-6,8H2,1-4H3,(H,16,17). The van der Waals surface area contributed by atoms with Gasteiger partial charge in [-0.2, -0.15) is 5.10 Å². The summed E-state index contributed by atoms with van der Waals surface area (Å²) < 4.78 is 1.91. The number of aryl methyl sites for hydroxylation is 2. The topological polar surface area (TPSA) is 55.1 Å². The van der Waals surface area contributed by atoms with Crippen molar-refractivity contribution in [3.8, 4) is 0 Å². The van der Waals surface area contributed by atoms with Crippen LogP contribution in [0, 0.1) is 11.8 Å². The van der Waals surface area contributed by atoms with Gasteiger partial charge in [-0.15, -0.1) is 0 Å². The fraction of sp³-hybridized carbons (Fsp3) is 0.692. The van der Waals surface area contributed by atoms with Crippen LogP contribution in [0.15, 0.2) is 6.07 Å². The molecule has 0 aliphatic rings. The first kappa shape index (κ1) is 13.7. The van der Waals surface area contributed by atoms with Crippen molar-refractivity contribution in [1.82, 2.24) is 9.78 Å². The van der Waals surface area contributed by atoms with Crippen molar-refractivity contribution in [3.63, 3.8) is 0 Å². The Morgan fingerprint density at radius 1 is 1.47 bits per heavy atom. The third kappa shape index (κ3) is 3.32. The maximum absolute atomic E-state index is 11.2. The van der Waals surface area contributed by atoms with Crippen LogP contribution < -0.4 is 0 Å². The van der Waals surface area contributed by atoms with Crippen LogP contribution in [0.1, 0.15) is 39.1 Å². The molecule has 4 nitrogen and oxygen atoms in total. The van der Waals surface area contributed by atoms with E-state index in [9.17, 15) is 9.90 Å². The molecule has 0 aromatic carbocycles. The molecule has 1 N–H and O–H groups in total. The number of aromatic nitrogens is 2. The second-order valence-corrected chi connectivity index (χ2v) is 4.69. The summed E-state index contributed by atoms with van der Waals surface area (Å²) in [6.45, 7) is 8.78. The number of hydrogen-bond donors (Lipinski definition) is 1. The van der Waals surface area contributed by atoms with Crippen LogP contribution in [0.25, 0.3) is 0 Å². The molecular weight excluding hydrogens is 216 g/mol. The Morgan fingerprint density at radius 2 is 2.12 bits per heavy atom. The van der Waals surface area contributed by atoms with Crippen LogP contribution >= 0.6 is 0 Å². The highest BCUT2D eigenvalue weighted by Crippen LogP contribution is 2.18. The lowest BCUT2D eigenvalue weighted by atomic mass is 9.91. The zero-order valence-electron chi connectivity index (χ0n) is 11.1. The monoisotopic (exact) mass is 238 g/mol. The molecule has 0 fully saturated rings. The number of aliphatic carboxylic acids is 1. The van der Waals surface area contributed by atoms with Crippen molar-refractivity contribution in [1.29, 1.82) is 0 Å². The minimum Gasteiger partial charge on any atom is -0.481 e. The van der Waals surface area contributed by atoms with E-state index in [1.807, 2.05) is 31.5 Å². The molecule has 1 aromatic heterocycles. The van der Waals surface area contributed by atoms with Crippen LogP contribution in [0.5, 0.6) is 0 Å². The minimum absolute atomic E-state index is 0.137. The second-order valence-electron chi connectivity index (χ2n) is 4.69. The molecule has 17 heavy (non-hydrogen) atoms. The molecule has 0 aliphatic carbocycles. The molecular formula is C13H22N2O2. The maximum atomic E-state index is 11.2. The number of carboxylic acids is 1. The Bertz CT molecular complexity index is 383. The van der Waals surface area contributed by atoms with E-state index in [4.69, 9.17) is 0 Å². The zero-order valence-corrected chi connectivity index (χ0v) is 11.1. The molecule has 1 heterocycles. The zero-order chi connectivity index (χ0) is 13.0. The lowest BCUT2D eigenvalue weighted by Gasteiger charge is -2.16. The molecule has 0 radical (unpaired) electrons. The summed E-state index contributed by atoms with van der Waals surface area (Å²) in [7, 11) is 0. The molecule has 96 valence electrons. The first-order valence-corrected chi connectivity index (χ1v) is 6.27. The second kappa shape index (κ2) is 5.84. The molecule has 0 amide bonds. The number of hydrogen-bond acceptors (Lipinski definition) is 2. The van der Waals surface area contributed by atoms with Crippen LogP contribution in [0.4, 0.5) is 0 Å². The Kier molecular flexibility index (Phi) is 4.73. The van der Waals surface area contributed by atoms with Gasteiger partial charge in [0.1, 0.15) is 0 Å². The molecule has 0 saturated carbocycles. The molecule has 0 spiro atoms. The molecule has 0 bridgehead atoms. The van der Waals surface area contributed by atoms with E-state index in [-0.39, 0.29) is 11.8 Å². The predicted molar refractivity (Wildman–Crippen MR) is 66.9 cm³/mol. The van der Waals surface area contributed by atoms with E-state index in [0.29, 0.717) is 6.42 Å². The highest BCUT2D eigenvalue weighted by atomic mass is 16.4. The van der Waals surface area contributed by atoms with Crippen molar-refractivity contribution in [2.24, 2.45) is 11.8 Å². The molecule has 4 heteroatoms. The van der Waals surface area contributed by atoms with Gasteiger partial charge in [0.15, 0.2) is 0 Å². The van der Waals surface area contributed by atoms with E-state index in [0.717, 1.165) is 24.4 Å². The van der Waals surface area contributed by atoms with Gasteiger partial charge >= 0.3 is 5.97 Å². The highest BCUT2D eigenvalue weighted by Gasteiger charge is 2.23. The summed E-state index contributed by atoms with van der Waals surface area (Å²) in [5.41, 5.74) is 2.07. The number of carbonyl (C=O) groups is 1. The van der Waals surface area contributed by atoms with Crippen LogP contribution in [0.2, 0.25) is 0 Å². The van der Waals surface area contributed by atoms with Gasteiger partial charge in [0.05, 0.1) is 11.6 Å². The average Bonchev–Trinajstić information content (AvgIpc) is 2.67. The molecule has 1 atom stereocenters. The summed E-state index contributed by atoms with van der Waals surface area (Å²) in [5.74, 6) is -0.915. The fourth-order valence-electron chi connectivity index (χ4n) is 1.96.